The second-order valence-corrected chi connectivity index (χ2v) is 7.43. The van der Waals surface area contributed by atoms with Crippen LogP contribution in [0.5, 0.6) is 0 Å². The molecule has 9 nitrogen and oxygen atoms in total. The van der Waals surface area contributed by atoms with Crippen molar-refractivity contribution >= 4 is 23.1 Å². The predicted molar refractivity (Wildman–Crippen MR) is 127 cm³/mol. The molecule has 0 spiro atoms. The van der Waals surface area contributed by atoms with Crippen molar-refractivity contribution in [3.05, 3.63) is 96.8 Å². The molecule has 0 saturated carbocycles. The van der Waals surface area contributed by atoms with Crippen LogP contribution in [-0.4, -0.2) is 43.2 Å². The minimum Gasteiger partial charge on any atom is -0.343 e. The largest absolute Gasteiger partial charge is 0.343 e. The summed E-state index contributed by atoms with van der Waals surface area (Å²) in [5, 5.41) is 18.5. The summed E-state index contributed by atoms with van der Waals surface area (Å²) in [6, 6.07) is 23.5. The summed E-state index contributed by atoms with van der Waals surface area (Å²) >= 11 is 0. The van der Waals surface area contributed by atoms with Crippen LogP contribution in [0.1, 0.15) is 10.4 Å². The molecule has 0 bridgehead atoms. The van der Waals surface area contributed by atoms with Crippen LogP contribution in [0.3, 0.4) is 0 Å². The summed E-state index contributed by atoms with van der Waals surface area (Å²) in [5.41, 5.74) is 4.00. The molecule has 5 aromatic rings. The first-order valence-corrected chi connectivity index (χ1v) is 10.5. The Morgan fingerprint density at radius 1 is 0.853 bits per heavy atom. The first-order valence-electron chi connectivity index (χ1n) is 10.5. The number of amides is 2. The van der Waals surface area contributed by atoms with Gasteiger partial charge in [0.05, 0.1) is 12.2 Å². The second kappa shape index (κ2) is 9.29. The van der Waals surface area contributed by atoms with Gasteiger partial charge < -0.3 is 10.6 Å². The van der Waals surface area contributed by atoms with E-state index in [4.69, 9.17) is 0 Å². The van der Waals surface area contributed by atoms with Gasteiger partial charge in [-0.05, 0) is 48.5 Å². The zero-order valence-corrected chi connectivity index (χ0v) is 17.9. The molecule has 9 heteroatoms. The zero-order chi connectivity index (χ0) is 23.3. The van der Waals surface area contributed by atoms with Crippen LogP contribution in [-0.2, 0) is 4.79 Å². The number of benzene rings is 2. The number of fused-ring (bicyclic) bond motifs is 1. The lowest BCUT2D eigenvalue weighted by Crippen LogP contribution is -2.32. The summed E-state index contributed by atoms with van der Waals surface area (Å²) in [4.78, 5) is 28.6. The van der Waals surface area contributed by atoms with E-state index in [1.807, 2.05) is 48.5 Å². The van der Waals surface area contributed by atoms with Gasteiger partial charge >= 0.3 is 0 Å². The van der Waals surface area contributed by atoms with E-state index in [2.05, 4.69) is 30.9 Å². The van der Waals surface area contributed by atoms with Gasteiger partial charge in [0.1, 0.15) is 0 Å². The van der Waals surface area contributed by atoms with Crippen LogP contribution >= 0.6 is 0 Å². The molecule has 0 unspecified atom stereocenters. The summed E-state index contributed by atoms with van der Waals surface area (Å²) in [6.07, 6.45) is 3.40. The van der Waals surface area contributed by atoms with E-state index in [0.29, 0.717) is 28.4 Å². The molecular weight excluding hydrogens is 430 g/mol. The zero-order valence-electron chi connectivity index (χ0n) is 17.9. The maximum Gasteiger partial charge on any atom is 0.251 e. The number of aromatic nitrogens is 5. The van der Waals surface area contributed by atoms with Gasteiger partial charge in [-0.25, -0.2) is 0 Å². The third-order valence-electron chi connectivity index (χ3n) is 5.07. The molecule has 0 aliphatic rings. The fraction of sp³-hybridized carbons (Fsp3) is 0.0400. The first kappa shape index (κ1) is 21.0. The summed E-state index contributed by atoms with van der Waals surface area (Å²) in [5.74, 6) is -0.0496. The Labute approximate surface area is 194 Å². The lowest BCUT2D eigenvalue weighted by Gasteiger charge is -2.09. The van der Waals surface area contributed by atoms with Gasteiger partial charge in [-0.3, -0.25) is 14.6 Å². The lowest BCUT2D eigenvalue weighted by atomic mass is 10.1. The molecule has 34 heavy (non-hydrogen) atoms. The van der Waals surface area contributed by atoms with Gasteiger partial charge in [0.15, 0.2) is 11.5 Å². The number of carbonyl (C=O) groups excluding carboxylic acids is 2. The van der Waals surface area contributed by atoms with E-state index in [1.165, 1.54) is 0 Å². The highest BCUT2D eigenvalue weighted by Crippen LogP contribution is 2.23. The van der Waals surface area contributed by atoms with Gasteiger partial charge in [0, 0.05) is 34.8 Å². The fourth-order valence-electron chi connectivity index (χ4n) is 3.43. The standard InChI is InChI=1S/C25H19N7O2/c33-23(16-27-25(34)17-6-2-1-3-7-17)28-20-10-4-8-18(14-20)21-11-12-22-29-30-24(32(22)31-21)19-9-5-13-26-15-19/h1-15H,16H2,(H,27,34)(H,28,33). The van der Waals surface area contributed by atoms with E-state index < -0.39 is 0 Å². The molecule has 166 valence electrons. The normalized spacial score (nSPS) is 10.7. The van der Waals surface area contributed by atoms with Crippen molar-refractivity contribution in [2.45, 2.75) is 0 Å². The molecular formula is C25H19N7O2. The molecule has 5 rings (SSSR count). The number of anilines is 1. The van der Waals surface area contributed by atoms with Crippen LogP contribution < -0.4 is 10.6 Å². The maximum absolute atomic E-state index is 12.4. The Kier molecular flexibility index (Phi) is 5.73. The van der Waals surface area contributed by atoms with E-state index >= 15 is 0 Å². The highest BCUT2D eigenvalue weighted by atomic mass is 16.2. The number of nitrogens with zero attached hydrogens (tertiary/aromatic N) is 5. The molecule has 2 N–H and O–H groups in total. The van der Waals surface area contributed by atoms with Crippen LogP contribution in [0, 0.1) is 0 Å². The van der Waals surface area contributed by atoms with Crippen molar-refractivity contribution in [2.75, 3.05) is 11.9 Å². The highest BCUT2D eigenvalue weighted by Gasteiger charge is 2.12. The van der Waals surface area contributed by atoms with Gasteiger partial charge in [0.2, 0.25) is 5.91 Å². The monoisotopic (exact) mass is 449 g/mol. The van der Waals surface area contributed by atoms with Crippen LogP contribution in [0.4, 0.5) is 5.69 Å². The molecule has 0 saturated heterocycles. The molecule has 0 fully saturated rings. The fourth-order valence-corrected chi connectivity index (χ4v) is 3.43. The summed E-state index contributed by atoms with van der Waals surface area (Å²) in [7, 11) is 0. The first-order chi connectivity index (χ1) is 16.7. The number of hydrogen-bond acceptors (Lipinski definition) is 6. The van der Waals surface area contributed by atoms with E-state index in [-0.39, 0.29) is 18.4 Å². The molecule has 0 aliphatic heterocycles. The molecule has 0 aliphatic carbocycles. The number of carbonyl (C=O) groups is 2. The van der Waals surface area contributed by atoms with Crippen molar-refractivity contribution < 1.29 is 9.59 Å². The Bertz CT molecular complexity index is 1470. The van der Waals surface area contributed by atoms with E-state index in [9.17, 15) is 9.59 Å². The van der Waals surface area contributed by atoms with Crippen LogP contribution in [0.25, 0.3) is 28.3 Å². The third kappa shape index (κ3) is 4.49. The topological polar surface area (TPSA) is 114 Å². The number of nitrogens with one attached hydrogen (secondary N) is 2. The SMILES string of the molecule is O=C(CNC(=O)c1ccccc1)Nc1cccc(-c2ccc3nnc(-c4cccnc4)n3n2)c1. The molecule has 2 amide bonds. The molecule has 3 aromatic heterocycles. The average Bonchev–Trinajstić information content (AvgIpc) is 3.32. The minimum absolute atomic E-state index is 0.142. The highest BCUT2D eigenvalue weighted by molar-refractivity contribution is 5.99. The van der Waals surface area contributed by atoms with Crippen molar-refractivity contribution in [3.63, 3.8) is 0 Å². The lowest BCUT2D eigenvalue weighted by molar-refractivity contribution is -0.115. The summed E-state index contributed by atoms with van der Waals surface area (Å²) in [6.45, 7) is -0.142. The Hall–Kier alpha value is -4.92. The third-order valence-corrected chi connectivity index (χ3v) is 5.07. The van der Waals surface area contributed by atoms with Crippen molar-refractivity contribution in [1.29, 1.82) is 0 Å². The molecule has 0 radical (unpaired) electrons. The predicted octanol–water partition coefficient (Wildman–Crippen LogP) is 3.22. The smallest absolute Gasteiger partial charge is 0.251 e. The van der Waals surface area contributed by atoms with Gasteiger partial charge in [0.25, 0.3) is 5.91 Å². The van der Waals surface area contributed by atoms with Gasteiger partial charge in [-0.1, -0.05) is 30.3 Å². The van der Waals surface area contributed by atoms with Gasteiger partial charge in [-0.2, -0.15) is 9.61 Å². The Balaban J connectivity index is 1.32. The molecule has 2 aromatic carbocycles. The Morgan fingerprint density at radius 3 is 2.53 bits per heavy atom. The van der Waals surface area contributed by atoms with Gasteiger partial charge in [-0.15, -0.1) is 10.2 Å². The summed E-state index contributed by atoms with van der Waals surface area (Å²) < 4.78 is 1.66. The van der Waals surface area contributed by atoms with Crippen molar-refractivity contribution in [3.8, 4) is 22.6 Å². The second-order valence-electron chi connectivity index (χ2n) is 7.43. The van der Waals surface area contributed by atoms with Crippen LogP contribution in [0.2, 0.25) is 0 Å². The number of hydrogen-bond donors (Lipinski definition) is 2. The molecule has 3 heterocycles. The number of rotatable bonds is 6. The minimum atomic E-state index is -0.331. The average molecular weight is 449 g/mol. The quantitative estimate of drug-likeness (QED) is 0.411. The molecule has 0 atom stereocenters. The van der Waals surface area contributed by atoms with Crippen molar-refractivity contribution in [2.24, 2.45) is 0 Å². The van der Waals surface area contributed by atoms with Crippen molar-refractivity contribution in [1.82, 2.24) is 30.1 Å². The Morgan fingerprint density at radius 2 is 1.71 bits per heavy atom. The van der Waals surface area contributed by atoms with Crippen LogP contribution in [0.15, 0.2) is 91.3 Å². The maximum atomic E-state index is 12.4. The number of pyridine rings is 1. The van der Waals surface area contributed by atoms with E-state index in [0.717, 1.165) is 11.1 Å². The van der Waals surface area contributed by atoms with E-state index in [1.54, 1.807) is 47.2 Å².